The second-order valence-electron chi connectivity index (χ2n) is 2.58. The van der Waals surface area contributed by atoms with E-state index in [1.165, 1.54) is 0 Å². The average molecular weight is 169 g/mol. The van der Waals surface area contributed by atoms with E-state index in [9.17, 15) is 4.79 Å². The van der Waals surface area contributed by atoms with Crippen molar-refractivity contribution in [2.75, 3.05) is 6.61 Å². The van der Waals surface area contributed by atoms with Crippen molar-refractivity contribution in [2.24, 2.45) is 0 Å². The molecule has 0 aliphatic heterocycles. The Morgan fingerprint density at radius 1 is 1.58 bits per heavy atom. The fourth-order valence-corrected chi connectivity index (χ4v) is 0.722. The Labute approximate surface area is 74.6 Å². The number of hydrogen-bond donors (Lipinski definition) is 0. The minimum atomic E-state index is -0.110. The van der Waals surface area contributed by atoms with Gasteiger partial charge in [0.2, 0.25) is 0 Å². The third-order valence-corrected chi connectivity index (χ3v) is 1.44. The summed E-state index contributed by atoms with van der Waals surface area (Å²) in [5.74, 6) is -0.110. The monoisotopic (exact) mass is 169 g/mol. The molecule has 0 unspecified atom stereocenters. The normalized spacial score (nSPS) is 10.5. The molecule has 0 atom stereocenters. The van der Waals surface area contributed by atoms with Crippen LogP contribution in [0.15, 0.2) is 12.2 Å². The molecular weight excluding hydrogens is 152 g/mol. The summed E-state index contributed by atoms with van der Waals surface area (Å²) < 4.78 is 4.94. The van der Waals surface area contributed by atoms with Gasteiger partial charge in [0.15, 0.2) is 0 Å². The van der Waals surface area contributed by atoms with Crippen molar-refractivity contribution in [3.8, 4) is 0 Å². The van der Waals surface area contributed by atoms with Crippen LogP contribution in [0.3, 0.4) is 0 Å². The predicted molar refractivity (Wildman–Crippen MR) is 49.6 cm³/mol. The van der Waals surface area contributed by atoms with Crippen LogP contribution in [0, 0.1) is 6.92 Å². The average Bonchev–Trinajstić information content (AvgIpc) is 2.06. The molecule has 0 fully saturated rings. The van der Waals surface area contributed by atoms with Crippen LogP contribution in [-0.2, 0) is 9.53 Å². The molecule has 0 aromatic rings. The largest absolute Gasteiger partial charge is 0.466 e. The van der Waals surface area contributed by atoms with Gasteiger partial charge in [-0.1, -0.05) is 25.5 Å². The highest BCUT2D eigenvalue weighted by atomic mass is 16.5. The molecule has 0 aromatic heterocycles. The van der Waals surface area contributed by atoms with Gasteiger partial charge in [0, 0.05) is 6.42 Å². The van der Waals surface area contributed by atoms with E-state index in [0.29, 0.717) is 13.0 Å². The molecule has 0 saturated heterocycles. The van der Waals surface area contributed by atoms with Crippen molar-refractivity contribution in [1.29, 1.82) is 0 Å². The molecule has 0 saturated carbocycles. The van der Waals surface area contributed by atoms with Crippen molar-refractivity contribution in [3.63, 3.8) is 0 Å². The third-order valence-electron chi connectivity index (χ3n) is 1.44. The van der Waals surface area contributed by atoms with E-state index in [2.05, 4.69) is 13.8 Å². The highest BCUT2D eigenvalue weighted by Crippen LogP contribution is 1.96. The molecule has 0 heterocycles. The van der Waals surface area contributed by atoms with Gasteiger partial charge in [-0.2, -0.15) is 0 Å². The lowest BCUT2D eigenvalue weighted by Crippen LogP contribution is -2.04. The first-order valence-electron chi connectivity index (χ1n) is 4.41. The summed E-state index contributed by atoms with van der Waals surface area (Å²) in [5, 5.41) is 0. The maximum Gasteiger partial charge on any atom is 0.306 e. The number of esters is 1. The summed E-state index contributed by atoms with van der Waals surface area (Å²) in [5.41, 5.74) is 0. The quantitative estimate of drug-likeness (QED) is 0.451. The van der Waals surface area contributed by atoms with Crippen molar-refractivity contribution in [2.45, 2.75) is 32.6 Å². The zero-order chi connectivity index (χ0) is 9.23. The molecule has 69 valence electrons. The molecule has 0 aliphatic rings. The maximum atomic E-state index is 10.9. The van der Waals surface area contributed by atoms with E-state index in [0.717, 1.165) is 19.3 Å². The third kappa shape index (κ3) is 7.32. The van der Waals surface area contributed by atoms with E-state index in [1.807, 2.05) is 6.08 Å². The number of ether oxygens (including phenoxy) is 1. The lowest BCUT2D eigenvalue weighted by molar-refractivity contribution is -0.143. The van der Waals surface area contributed by atoms with Crippen molar-refractivity contribution < 1.29 is 9.53 Å². The Morgan fingerprint density at radius 2 is 2.33 bits per heavy atom. The van der Waals surface area contributed by atoms with Crippen LogP contribution >= 0.6 is 0 Å². The number of unbranched alkanes of at least 4 members (excludes halogenated alkanes) is 1. The smallest absolute Gasteiger partial charge is 0.306 e. The number of carbonyl (C=O) groups is 1. The van der Waals surface area contributed by atoms with Gasteiger partial charge in [0.25, 0.3) is 0 Å². The standard InChI is InChI=1S/C10H17O2/c1-3-5-7-8-10(11)12-9-6-4-2/h3,5H,1,4,6-9H2,2H3. The molecule has 12 heavy (non-hydrogen) atoms. The second-order valence-corrected chi connectivity index (χ2v) is 2.58. The van der Waals surface area contributed by atoms with E-state index < -0.39 is 0 Å². The first-order chi connectivity index (χ1) is 5.81. The molecule has 1 radical (unpaired) electrons. The fraction of sp³-hybridized carbons (Fsp3) is 0.600. The Bertz CT molecular complexity index is 139. The molecule has 0 bridgehead atoms. The molecule has 0 rings (SSSR count). The molecule has 0 N–H and O–H groups in total. The Morgan fingerprint density at radius 3 is 2.92 bits per heavy atom. The van der Waals surface area contributed by atoms with Gasteiger partial charge in [-0.3, -0.25) is 4.79 Å². The van der Waals surface area contributed by atoms with E-state index >= 15 is 0 Å². The molecular formula is C10H17O2. The van der Waals surface area contributed by atoms with Gasteiger partial charge >= 0.3 is 5.97 Å². The molecule has 0 spiro atoms. The van der Waals surface area contributed by atoms with Gasteiger partial charge < -0.3 is 4.74 Å². The highest BCUT2D eigenvalue weighted by Gasteiger charge is 1.98. The van der Waals surface area contributed by atoms with Gasteiger partial charge in [-0.25, -0.2) is 0 Å². The summed E-state index contributed by atoms with van der Waals surface area (Å²) in [6.45, 7) is 6.15. The zero-order valence-corrected chi connectivity index (χ0v) is 7.71. The second kappa shape index (κ2) is 8.31. The van der Waals surface area contributed by atoms with Crippen LogP contribution in [0.1, 0.15) is 32.6 Å². The molecule has 0 amide bonds. The number of carbonyl (C=O) groups excluding carboxylic acids is 1. The van der Waals surface area contributed by atoms with Gasteiger partial charge in [0.05, 0.1) is 6.61 Å². The van der Waals surface area contributed by atoms with Crippen LogP contribution < -0.4 is 0 Å². The molecule has 2 heteroatoms. The number of allylic oxidation sites excluding steroid dienone is 2. The first-order valence-corrected chi connectivity index (χ1v) is 4.41. The summed E-state index contributed by atoms with van der Waals surface area (Å²) in [7, 11) is 0. The lowest BCUT2D eigenvalue weighted by atomic mass is 10.3. The van der Waals surface area contributed by atoms with E-state index in [4.69, 9.17) is 4.74 Å². The lowest BCUT2D eigenvalue weighted by Gasteiger charge is -2.01. The van der Waals surface area contributed by atoms with Crippen molar-refractivity contribution in [3.05, 3.63) is 19.1 Å². The fourth-order valence-electron chi connectivity index (χ4n) is 0.722. The van der Waals surface area contributed by atoms with E-state index in [1.54, 1.807) is 6.08 Å². The topological polar surface area (TPSA) is 26.3 Å². The maximum absolute atomic E-state index is 10.9. The minimum Gasteiger partial charge on any atom is -0.466 e. The summed E-state index contributed by atoms with van der Waals surface area (Å²) in [4.78, 5) is 10.9. The van der Waals surface area contributed by atoms with Crippen LogP contribution in [0.25, 0.3) is 0 Å². The minimum absolute atomic E-state index is 0.110. The first kappa shape index (κ1) is 11.2. The van der Waals surface area contributed by atoms with E-state index in [-0.39, 0.29) is 5.97 Å². The molecule has 2 nitrogen and oxygen atoms in total. The Hall–Kier alpha value is -0.790. The Kier molecular flexibility index (Phi) is 7.76. The summed E-state index contributed by atoms with van der Waals surface area (Å²) in [6.07, 6.45) is 6.77. The number of rotatable bonds is 6. The zero-order valence-electron chi connectivity index (χ0n) is 7.71. The number of hydrogen-bond acceptors (Lipinski definition) is 2. The predicted octanol–water partition coefficient (Wildman–Crippen LogP) is 2.50. The Balaban J connectivity index is 3.21. The van der Waals surface area contributed by atoms with Crippen molar-refractivity contribution in [1.82, 2.24) is 0 Å². The summed E-state index contributed by atoms with van der Waals surface area (Å²) in [6, 6.07) is 0. The molecule has 0 aliphatic carbocycles. The molecule has 0 aromatic carbocycles. The van der Waals surface area contributed by atoms with Crippen LogP contribution in [-0.4, -0.2) is 12.6 Å². The van der Waals surface area contributed by atoms with Gasteiger partial charge in [-0.05, 0) is 19.8 Å². The van der Waals surface area contributed by atoms with Gasteiger partial charge in [-0.15, -0.1) is 0 Å². The summed E-state index contributed by atoms with van der Waals surface area (Å²) >= 11 is 0. The van der Waals surface area contributed by atoms with Crippen LogP contribution in [0.5, 0.6) is 0 Å². The van der Waals surface area contributed by atoms with Crippen molar-refractivity contribution >= 4 is 5.97 Å². The highest BCUT2D eigenvalue weighted by molar-refractivity contribution is 5.69. The van der Waals surface area contributed by atoms with Crippen LogP contribution in [0.2, 0.25) is 0 Å². The van der Waals surface area contributed by atoms with Gasteiger partial charge in [0.1, 0.15) is 0 Å². The SMILES string of the molecule is [CH2]C=CCCC(=O)OCCCC. The van der Waals surface area contributed by atoms with Crippen LogP contribution in [0.4, 0.5) is 0 Å².